The summed E-state index contributed by atoms with van der Waals surface area (Å²) in [5.74, 6) is 0.912. The number of nitrogens with zero attached hydrogens (tertiary/aromatic N) is 3. The quantitative estimate of drug-likeness (QED) is 0.868. The van der Waals surface area contributed by atoms with E-state index in [0.29, 0.717) is 11.9 Å². The number of hydrogen-bond donors (Lipinski definition) is 2. The first kappa shape index (κ1) is 12.6. The molecular weight excluding hydrogens is 250 g/mol. The Bertz CT molecular complexity index is 503. The maximum atomic E-state index is 5.85. The summed E-state index contributed by atoms with van der Waals surface area (Å²) in [5, 5.41) is 6.32. The first-order chi connectivity index (χ1) is 8.78. The minimum Gasteiger partial charge on any atom is -0.354 e. The van der Waals surface area contributed by atoms with E-state index in [0.717, 1.165) is 18.7 Å². The number of rotatable bonds is 5. The summed E-state index contributed by atoms with van der Waals surface area (Å²) in [4.78, 5) is 12.3. The molecular formula is C12H14ClN5. The van der Waals surface area contributed by atoms with Crippen LogP contribution in [0.2, 0.25) is 5.28 Å². The van der Waals surface area contributed by atoms with Crippen LogP contribution < -0.4 is 10.6 Å². The van der Waals surface area contributed by atoms with E-state index in [2.05, 4.69) is 32.5 Å². The molecule has 0 aliphatic carbocycles. The fourth-order valence-electron chi connectivity index (χ4n) is 1.37. The van der Waals surface area contributed by atoms with Gasteiger partial charge in [0, 0.05) is 12.2 Å². The number of anilines is 3. The highest BCUT2D eigenvalue weighted by molar-refractivity contribution is 6.28. The predicted octanol–water partition coefficient (Wildman–Crippen LogP) is 3.09. The van der Waals surface area contributed by atoms with Crippen molar-refractivity contribution in [3.8, 4) is 0 Å². The third-order valence-electron chi connectivity index (χ3n) is 2.17. The Kier molecular flexibility index (Phi) is 4.30. The van der Waals surface area contributed by atoms with E-state index >= 15 is 0 Å². The molecule has 18 heavy (non-hydrogen) atoms. The van der Waals surface area contributed by atoms with Crippen molar-refractivity contribution in [3.63, 3.8) is 0 Å². The third-order valence-corrected chi connectivity index (χ3v) is 2.34. The lowest BCUT2D eigenvalue weighted by Gasteiger charge is -2.07. The van der Waals surface area contributed by atoms with Gasteiger partial charge in [0.05, 0.1) is 0 Å². The molecule has 0 spiro atoms. The largest absolute Gasteiger partial charge is 0.354 e. The van der Waals surface area contributed by atoms with Gasteiger partial charge in [0.25, 0.3) is 0 Å². The molecule has 0 radical (unpaired) electrons. The van der Waals surface area contributed by atoms with Crippen LogP contribution in [0, 0.1) is 0 Å². The van der Waals surface area contributed by atoms with Gasteiger partial charge in [-0.15, -0.1) is 0 Å². The molecule has 5 nitrogen and oxygen atoms in total. The van der Waals surface area contributed by atoms with Gasteiger partial charge in [0.1, 0.15) is 0 Å². The highest BCUT2D eigenvalue weighted by Gasteiger charge is 2.04. The van der Waals surface area contributed by atoms with E-state index < -0.39 is 0 Å². The average Bonchev–Trinajstić information content (AvgIpc) is 2.37. The van der Waals surface area contributed by atoms with Crippen LogP contribution in [0.5, 0.6) is 0 Å². The number of aromatic nitrogens is 3. The SMILES string of the molecule is CCCNc1nc(Cl)nc(Nc2ccccc2)n1. The molecule has 2 aromatic rings. The Morgan fingerprint density at radius 3 is 2.50 bits per heavy atom. The third kappa shape index (κ3) is 3.56. The van der Waals surface area contributed by atoms with E-state index in [1.807, 2.05) is 30.3 Å². The first-order valence-electron chi connectivity index (χ1n) is 5.75. The van der Waals surface area contributed by atoms with Crippen molar-refractivity contribution in [2.45, 2.75) is 13.3 Å². The van der Waals surface area contributed by atoms with Crippen LogP contribution in [0.1, 0.15) is 13.3 Å². The summed E-state index contributed by atoms with van der Waals surface area (Å²) < 4.78 is 0. The van der Waals surface area contributed by atoms with Crippen molar-refractivity contribution in [1.29, 1.82) is 0 Å². The van der Waals surface area contributed by atoms with Crippen LogP contribution in [0.15, 0.2) is 30.3 Å². The maximum absolute atomic E-state index is 5.85. The van der Waals surface area contributed by atoms with Gasteiger partial charge in [-0.3, -0.25) is 0 Å². The monoisotopic (exact) mass is 263 g/mol. The van der Waals surface area contributed by atoms with Gasteiger partial charge in [-0.25, -0.2) is 0 Å². The zero-order chi connectivity index (χ0) is 12.8. The first-order valence-corrected chi connectivity index (χ1v) is 6.13. The number of para-hydroxylation sites is 1. The fourth-order valence-corrected chi connectivity index (χ4v) is 1.53. The summed E-state index contributed by atoms with van der Waals surface area (Å²) in [6.45, 7) is 2.87. The van der Waals surface area contributed by atoms with Crippen LogP contribution in [-0.2, 0) is 0 Å². The maximum Gasteiger partial charge on any atom is 0.233 e. The minimum absolute atomic E-state index is 0.169. The molecule has 1 heterocycles. The Morgan fingerprint density at radius 2 is 1.78 bits per heavy atom. The Labute approximate surface area is 111 Å². The number of hydrogen-bond acceptors (Lipinski definition) is 5. The minimum atomic E-state index is 0.169. The molecule has 94 valence electrons. The Hall–Kier alpha value is -1.88. The topological polar surface area (TPSA) is 62.7 Å². The molecule has 1 aromatic carbocycles. The molecule has 6 heteroatoms. The number of benzene rings is 1. The summed E-state index contributed by atoms with van der Waals surface area (Å²) in [6, 6.07) is 9.66. The molecule has 0 bridgehead atoms. The van der Waals surface area contributed by atoms with Crippen molar-refractivity contribution in [3.05, 3.63) is 35.6 Å². The lowest BCUT2D eigenvalue weighted by Crippen LogP contribution is -2.07. The molecule has 0 saturated heterocycles. The van der Waals surface area contributed by atoms with Crippen LogP contribution in [0.4, 0.5) is 17.6 Å². The molecule has 2 rings (SSSR count). The second-order valence-corrected chi connectivity index (χ2v) is 4.01. The van der Waals surface area contributed by atoms with Gasteiger partial charge in [-0.1, -0.05) is 25.1 Å². The fraction of sp³-hybridized carbons (Fsp3) is 0.250. The summed E-state index contributed by atoms with van der Waals surface area (Å²) in [6.07, 6.45) is 0.991. The standard InChI is InChI=1S/C12H14ClN5/c1-2-8-14-11-16-10(13)17-12(18-11)15-9-6-4-3-5-7-9/h3-7H,2,8H2,1H3,(H2,14,15,16,17,18). The molecule has 2 N–H and O–H groups in total. The van der Waals surface area contributed by atoms with Crippen LogP contribution in [0.25, 0.3) is 0 Å². The van der Waals surface area contributed by atoms with Gasteiger partial charge in [-0.2, -0.15) is 15.0 Å². The van der Waals surface area contributed by atoms with E-state index in [1.54, 1.807) is 0 Å². The summed E-state index contributed by atoms with van der Waals surface area (Å²) in [5.41, 5.74) is 0.904. The number of nitrogens with one attached hydrogen (secondary N) is 2. The van der Waals surface area contributed by atoms with Crippen LogP contribution in [0.3, 0.4) is 0 Å². The lowest BCUT2D eigenvalue weighted by atomic mass is 10.3. The van der Waals surface area contributed by atoms with Crippen molar-refractivity contribution in [2.24, 2.45) is 0 Å². The van der Waals surface area contributed by atoms with Crippen molar-refractivity contribution in [2.75, 3.05) is 17.2 Å². The van der Waals surface area contributed by atoms with Gasteiger partial charge >= 0.3 is 0 Å². The van der Waals surface area contributed by atoms with E-state index in [4.69, 9.17) is 11.6 Å². The molecule has 1 aromatic heterocycles. The summed E-state index contributed by atoms with van der Waals surface area (Å²) >= 11 is 5.85. The van der Waals surface area contributed by atoms with E-state index in [1.165, 1.54) is 0 Å². The molecule has 0 amide bonds. The highest BCUT2D eigenvalue weighted by atomic mass is 35.5. The van der Waals surface area contributed by atoms with Gasteiger partial charge in [0.2, 0.25) is 17.2 Å². The normalized spacial score (nSPS) is 10.1. The van der Waals surface area contributed by atoms with Crippen molar-refractivity contribution in [1.82, 2.24) is 15.0 Å². The van der Waals surface area contributed by atoms with Crippen LogP contribution >= 0.6 is 11.6 Å². The average molecular weight is 264 g/mol. The Balaban J connectivity index is 2.15. The lowest BCUT2D eigenvalue weighted by molar-refractivity contribution is 0.940. The smallest absolute Gasteiger partial charge is 0.233 e. The van der Waals surface area contributed by atoms with Crippen molar-refractivity contribution < 1.29 is 0 Å². The van der Waals surface area contributed by atoms with Crippen LogP contribution in [-0.4, -0.2) is 21.5 Å². The number of halogens is 1. The molecule has 0 atom stereocenters. The molecule has 0 aliphatic rings. The molecule has 0 aliphatic heterocycles. The second kappa shape index (κ2) is 6.16. The van der Waals surface area contributed by atoms with E-state index in [9.17, 15) is 0 Å². The van der Waals surface area contributed by atoms with Gasteiger partial charge < -0.3 is 10.6 Å². The van der Waals surface area contributed by atoms with Gasteiger partial charge in [-0.05, 0) is 30.2 Å². The van der Waals surface area contributed by atoms with Crippen molar-refractivity contribution >= 4 is 29.2 Å². The zero-order valence-corrected chi connectivity index (χ0v) is 10.8. The van der Waals surface area contributed by atoms with E-state index in [-0.39, 0.29) is 5.28 Å². The highest BCUT2D eigenvalue weighted by Crippen LogP contribution is 2.15. The Morgan fingerprint density at radius 1 is 1.06 bits per heavy atom. The zero-order valence-electron chi connectivity index (χ0n) is 10.0. The summed E-state index contributed by atoms with van der Waals surface area (Å²) in [7, 11) is 0. The second-order valence-electron chi connectivity index (χ2n) is 3.67. The van der Waals surface area contributed by atoms with Gasteiger partial charge in [0.15, 0.2) is 0 Å². The molecule has 0 fully saturated rings. The molecule has 0 unspecified atom stereocenters. The molecule has 0 saturated carbocycles. The predicted molar refractivity (Wildman–Crippen MR) is 73.3 cm³/mol.